The van der Waals surface area contributed by atoms with Crippen LogP contribution in [0.1, 0.15) is 24.8 Å². The second kappa shape index (κ2) is 7.14. The number of nitrogens with zero attached hydrogens (tertiary/aromatic N) is 1. The molecule has 1 fully saturated rings. The normalized spacial score (nSPS) is 16.2. The second-order valence-corrected chi connectivity index (χ2v) is 5.17. The van der Waals surface area contributed by atoms with Gasteiger partial charge < -0.3 is 15.3 Å². The summed E-state index contributed by atoms with van der Waals surface area (Å²) in [4.78, 5) is 12.8. The van der Waals surface area contributed by atoms with E-state index < -0.39 is 6.09 Å². The van der Waals surface area contributed by atoms with Crippen molar-refractivity contribution >= 4 is 6.09 Å². The van der Waals surface area contributed by atoms with Crippen molar-refractivity contribution < 1.29 is 9.90 Å². The molecule has 19 heavy (non-hydrogen) atoms. The number of hydrogen-bond acceptors (Lipinski definition) is 2. The molecule has 1 aliphatic heterocycles. The molecule has 0 saturated carbocycles. The van der Waals surface area contributed by atoms with Gasteiger partial charge in [-0.15, -0.1) is 0 Å². The van der Waals surface area contributed by atoms with Crippen molar-refractivity contribution in [2.45, 2.75) is 25.8 Å². The Morgan fingerprint density at radius 2 is 1.95 bits per heavy atom. The molecule has 4 heteroatoms. The maximum atomic E-state index is 11.3. The van der Waals surface area contributed by atoms with E-state index in [0.717, 1.165) is 25.1 Å². The van der Waals surface area contributed by atoms with Crippen LogP contribution in [0.5, 0.6) is 0 Å². The third-order valence-electron chi connectivity index (χ3n) is 3.75. The van der Waals surface area contributed by atoms with Gasteiger partial charge in [0.05, 0.1) is 0 Å². The molecule has 1 aromatic carbocycles. The molecule has 1 aromatic rings. The molecule has 0 atom stereocenters. The minimum absolute atomic E-state index is 0.487. The molecular weight excluding hydrogens is 240 g/mol. The maximum Gasteiger partial charge on any atom is 0.407 e. The van der Waals surface area contributed by atoms with Crippen LogP contribution in [0.25, 0.3) is 0 Å². The van der Waals surface area contributed by atoms with E-state index in [1.54, 1.807) is 0 Å². The third kappa shape index (κ3) is 4.56. The van der Waals surface area contributed by atoms with Crippen molar-refractivity contribution in [2.24, 2.45) is 5.92 Å². The van der Waals surface area contributed by atoms with Gasteiger partial charge in [0.2, 0.25) is 0 Å². The number of piperidine rings is 1. The quantitative estimate of drug-likeness (QED) is 0.857. The minimum Gasteiger partial charge on any atom is -0.465 e. The summed E-state index contributed by atoms with van der Waals surface area (Å²) in [5.41, 5.74) is 1.05. The molecular formula is C15H22N2O2. The van der Waals surface area contributed by atoms with Crippen LogP contribution in [0, 0.1) is 5.92 Å². The zero-order valence-electron chi connectivity index (χ0n) is 11.2. The molecule has 1 heterocycles. The Morgan fingerprint density at radius 1 is 1.26 bits per heavy atom. The lowest BCUT2D eigenvalue weighted by Gasteiger charge is -2.26. The fourth-order valence-corrected chi connectivity index (χ4v) is 2.55. The highest BCUT2D eigenvalue weighted by atomic mass is 16.4. The van der Waals surface area contributed by atoms with Crippen molar-refractivity contribution in [2.75, 3.05) is 19.6 Å². The average molecular weight is 262 g/mol. The number of amides is 1. The fourth-order valence-electron chi connectivity index (χ4n) is 2.55. The second-order valence-electron chi connectivity index (χ2n) is 5.17. The summed E-state index contributed by atoms with van der Waals surface area (Å²) in [6.45, 7) is 3.25. The van der Waals surface area contributed by atoms with E-state index in [0.29, 0.717) is 19.0 Å². The van der Waals surface area contributed by atoms with Crippen LogP contribution >= 0.6 is 0 Å². The smallest absolute Gasteiger partial charge is 0.407 e. The summed E-state index contributed by atoms with van der Waals surface area (Å²) in [5.74, 6) is 0.666. The predicted octanol–water partition coefficient (Wildman–Crippen LogP) is 2.56. The molecule has 0 spiro atoms. The van der Waals surface area contributed by atoms with Gasteiger partial charge in [-0.05, 0) is 43.8 Å². The van der Waals surface area contributed by atoms with E-state index in [1.807, 2.05) is 30.3 Å². The number of carbonyl (C=O) groups is 1. The first-order valence-corrected chi connectivity index (χ1v) is 6.98. The molecule has 0 unspecified atom stereocenters. The summed E-state index contributed by atoms with van der Waals surface area (Å²) < 4.78 is 0. The van der Waals surface area contributed by atoms with E-state index in [4.69, 9.17) is 0 Å². The predicted molar refractivity (Wildman–Crippen MR) is 75.1 cm³/mol. The van der Waals surface area contributed by atoms with E-state index in [9.17, 15) is 9.90 Å². The third-order valence-corrected chi connectivity index (χ3v) is 3.75. The molecule has 2 N–H and O–H groups in total. The largest absolute Gasteiger partial charge is 0.465 e. The van der Waals surface area contributed by atoms with E-state index >= 15 is 0 Å². The Bertz CT molecular complexity index is 388. The zero-order chi connectivity index (χ0) is 13.5. The van der Waals surface area contributed by atoms with Crippen LogP contribution in [-0.4, -0.2) is 35.7 Å². The summed E-state index contributed by atoms with van der Waals surface area (Å²) in [6, 6.07) is 9.79. The maximum absolute atomic E-state index is 11.3. The van der Waals surface area contributed by atoms with Crippen molar-refractivity contribution in [3.05, 3.63) is 35.9 Å². The first kappa shape index (κ1) is 13.9. The number of hydrogen-bond donors (Lipinski definition) is 2. The Kier molecular flexibility index (Phi) is 5.21. The number of rotatable bonds is 5. The van der Waals surface area contributed by atoms with Crippen molar-refractivity contribution in [1.29, 1.82) is 0 Å². The summed E-state index contributed by atoms with van der Waals surface area (Å²) in [5, 5.41) is 12.6. The van der Waals surface area contributed by atoms with Crippen molar-refractivity contribution in [3.63, 3.8) is 0 Å². The van der Waals surface area contributed by atoms with Crippen LogP contribution in [-0.2, 0) is 6.54 Å². The molecule has 0 aliphatic carbocycles. The molecule has 4 nitrogen and oxygen atoms in total. The number of benzene rings is 1. The van der Waals surface area contributed by atoms with Crippen molar-refractivity contribution in [1.82, 2.24) is 10.2 Å². The Labute approximate surface area is 114 Å². The molecule has 1 aliphatic rings. The number of nitrogens with one attached hydrogen (secondary N) is 1. The summed E-state index contributed by atoms with van der Waals surface area (Å²) >= 11 is 0. The van der Waals surface area contributed by atoms with Crippen LogP contribution in [0.3, 0.4) is 0 Å². The van der Waals surface area contributed by atoms with Gasteiger partial charge in [0, 0.05) is 13.1 Å². The van der Waals surface area contributed by atoms with E-state index in [1.165, 1.54) is 17.7 Å². The summed E-state index contributed by atoms with van der Waals surface area (Å²) in [6.07, 6.45) is 2.48. The Morgan fingerprint density at radius 3 is 2.58 bits per heavy atom. The van der Waals surface area contributed by atoms with Gasteiger partial charge in [0.25, 0.3) is 0 Å². The lowest BCUT2D eigenvalue weighted by Crippen LogP contribution is -2.33. The van der Waals surface area contributed by atoms with Gasteiger partial charge in [-0.3, -0.25) is 0 Å². The SMILES string of the molecule is O=C(O)N(CCC1CCNCC1)Cc1ccccc1. The van der Waals surface area contributed by atoms with Crippen LogP contribution in [0.4, 0.5) is 4.79 Å². The van der Waals surface area contributed by atoms with Crippen LogP contribution < -0.4 is 5.32 Å². The highest BCUT2D eigenvalue weighted by molar-refractivity contribution is 5.64. The van der Waals surface area contributed by atoms with Crippen LogP contribution in [0.2, 0.25) is 0 Å². The van der Waals surface area contributed by atoms with Gasteiger partial charge >= 0.3 is 6.09 Å². The average Bonchev–Trinajstić information content (AvgIpc) is 2.45. The molecule has 0 aromatic heterocycles. The lowest BCUT2D eigenvalue weighted by molar-refractivity contribution is 0.137. The molecule has 2 rings (SSSR count). The van der Waals surface area contributed by atoms with Gasteiger partial charge in [-0.25, -0.2) is 4.79 Å². The van der Waals surface area contributed by atoms with Gasteiger partial charge in [-0.2, -0.15) is 0 Å². The van der Waals surface area contributed by atoms with Crippen molar-refractivity contribution in [3.8, 4) is 0 Å². The summed E-state index contributed by atoms with van der Waals surface area (Å²) in [7, 11) is 0. The monoisotopic (exact) mass is 262 g/mol. The lowest BCUT2D eigenvalue weighted by atomic mass is 9.94. The molecule has 1 amide bonds. The first-order chi connectivity index (χ1) is 9.25. The molecule has 1 saturated heterocycles. The standard InChI is InChI=1S/C15H22N2O2/c18-15(19)17(12-14-4-2-1-3-5-14)11-8-13-6-9-16-10-7-13/h1-5,13,16H,6-12H2,(H,18,19). The topological polar surface area (TPSA) is 52.6 Å². The van der Waals surface area contributed by atoms with Gasteiger partial charge in [-0.1, -0.05) is 30.3 Å². The number of carboxylic acid groups (broad SMARTS) is 1. The fraction of sp³-hybridized carbons (Fsp3) is 0.533. The van der Waals surface area contributed by atoms with Gasteiger partial charge in [0.15, 0.2) is 0 Å². The molecule has 0 bridgehead atoms. The molecule has 104 valence electrons. The first-order valence-electron chi connectivity index (χ1n) is 6.98. The highest BCUT2D eigenvalue weighted by Gasteiger charge is 2.17. The van der Waals surface area contributed by atoms with Crippen LogP contribution in [0.15, 0.2) is 30.3 Å². The highest BCUT2D eigenvalue weighted by Crippen LogP contribution is 2.17. The Balaban J connectivity index is 1.84. The zero-order valence-corrected chi connectivity index (χ0v) is 11.2. The van der Waals surface area contributed by atoms with E-state index in [-0.39, 0.29) is 0 Å². The van der Waals surface area contributed by atoms with Gasteiger partial charge in [0.1, 0.15) is 0 Å². The minimum atomic E-state index is -0.821. The Hall–Kier alpha value is -1.55. The molecule has 0 radical (unpaired) electrons. The van der Waals surface area contributed by atoms with E-state index in [2.05, 4.69) is 5.32 Å².